The zero-order chi connectivity index (χ0) is 22.9. The topological polar surface area (TPSA) is 60.9 Å². The quantitative estimate of drug-likeness (QED) is 0.712. The molecule has 6 nitrogen and oxygen atoms in total. The lowest BCUT2D eigenvalue weighted by Gasteiger charge is -2.37. The first-order valence-corrected chi connectivity index (χ1v) is 12.1. The average molecular weight is 444 g/mol. The van der Waals surface area contributed by atoms with Crippen molar-refractivity contribution in [1.82, 2.24) is 9.21 Å². The molecule has 0 saturated carbocycles. The van der Waals surface area contributed by atoms with Gasteiger partial charge in [-0.05, 0) is 62.9 Å². The fourth-order valence-electron chi connectivity index (χ4n) is 4.38. The van der Waals surface area contributed by atoms with E-state index < -0.39 is 10.0 Å². The summed E-state index contributed by atoms with van der Waals surface area (Å²) in [7, 11) is -2.26. The van der Waals surface area contributed by atoms with Crippen molar-refractivity contribution in [3.8, 4) is 0 Å². The van der Waals surface area contributed by atoms with Crippen LogP contribution < -0.4 is 4.90 Å². The van der Waals surface area contributed by atoms with Crippen LogP contribution in [0.1, 0.15) is 27.8 Å². The van der Waals surface area contributed by atoms with Gasteiger partial charge in [0.15, 0.2) is 0 Å². The van der Waals surface area contributed by atoms with E-state index in [1.165, 1.54) is 28.2 Å². The Kier molecular flexibility index (Phi) is 6.76. The van der Waals surface area contributed by atoms with Crippen LogP contribution in [-0.2, 0) is 14.8 Å². The summed E-state index contributed by atoms with van der Waals surface area (Å²) in [5.74, 6) is -0.158. The highest BCUT2D eigenvalue weighted by Crippen LogP contribution is 2.26. The molecule has 2 aromatic carbocycles. The Morgan fingerprint density at radius 3 is 2.10 bits per heavy atom. The highest BCUT2D eigenvalue weighted by atomic mass is 32.2. The van der Waals surface area contributed by atoms with Crippen molar-refractivity contribution in [3.63, 3.8) is 0 Å². The molecule has 0 unspecified atom stereocenters. The maximum absolute atomic E-state index is 13.2. The van der Waals surface area contributed by atoms with Gasteiger partial charge in [-0.15, -0.1) is 0 Å². The minimum absolute atomic E-state index is 0.154. The first-order valence-electron chi connectivity index (χ1n) is 10.7. The van der Waals surface area contributed by atoms with E-state index >= 15 is 0 Å². The molecule has 0 atom stereocenters. The van der Waals surface area contributed by atoms with Crippen LogP contribution in [0, 0.1) is 34.6 Å². The van der Waals surface area contributed by atoms with E-state index in [-0.39, 0.29) is 12.5 Å². The van der Waals surface area contributed by atoms with Gasteiger partial charge in [0.2, 0.25) is 15.9 Å². The SMILES string of the molecule is Cc1cc(C)c(S(=O)(=O)N(C)CC(=O)N2CCN(c3cccc(C)c3C)CC2)c(C)c1. The third-order valence-corrected chi connectivity index (χ3v) is 8.29. The monoisotopic (exact) mass is 443 g/mol. The molecule has 0 N–H and O–H groups in total. The number of benzene rings is 2. The molecule has 168 valence electrons. The summed E-state index contributed by atoms with van der Waals surface area (Å²) in [5, 5.41) is 0. The summed E-state index contributed by atoms with van der Waals surface area (Å²) in [5.41, 5.74) is 6.16. The molecular weight excluding hydrogens is 410 g/mol. The Hall–Kier alpha value is -2.38. The molecule has 31 heavy (non-hydrogen) atoms. The second kappa shape index (κ2) is 9.01. The van der Waals surface area contributed by atoms with Crippen LogP contribution in [0.2, 0.25) is 0 Å². The predicted octanol–water partition coefficient (Wildman–Crippen LogP) is 3.20. The molecule has 7 heteroatoms. The highest BCUT2D eigenvalue weighted by molar-refractivity contribution is 7.89. The van der Waals surface area contributed by atoms with E-state index in [0.29, 0.717) is 29.1 Å². The largest absolute Gasteiger partial charge is 0.368 e. The number of amides is 1. The summed E-state index contributed by atoms with van der Waals surface area (Å²) in [6.07, 6.45) is 0. The Bertz CT molecular complexity index is 1060. The summed E-state index contributed by atoms with van der Waals surface area (Å²) in [4.78, 5) is 17.2. The molecule has 0 bridgehead atoms. The Labute approximate surface area is 186 Å². The molecule has 0 aliphatic carbocycles. The second-order valence-corrected chi connectivity index (χ2v) is 10.6. The second-order valence-electron chi connectivity index (χ2n) is 8.58. The number of likely N-dealkylation sites (N-methyl/N-ethyl adjacent to an activating group) is 1. The highest BCUT2D eigenvalue weighted by Gasteiger charge is 2.29. The number of piperazine rings is 1. The molecule has 1 heterocycles. The lowest BCUT2D eigenvalue weighted by Crippen LogP contribution is -2.51. The molecule has 0 aromatic heterocycles. The molecule has 1 aliphatic heterocycles. The zero-order valence-electron chi connectivity index (χ0n) is 19.4. The number of anilines is 1. The minimum atomic E-state index is -3.74. The third-order valence-electron chi connectivity index (χ3n) is 6.18. The Balaban J connectivity index is 1.66. The molecule has 1 aliphatic rings. The van der Waals surface area contributed by atoms with Crippen LogP contribution >= 0.6 is 0 Å². The first-order chi connectivity index (χ1) is 14.5. The molecule has 1 fully saturated rings. The van der Waals surface area contributed by atoms with E-state index in [1.54, 1.807) is 18.7 Å². The summed E-state index contributed by atoms with van der Waals surface area (Å²) in [6.45, 7) is 12.3. The number of rotatable bonds is 5. The lowest BCUT2D eigenvalue weighted by molar-refractivity contribution is -0.131. The van der Waals surface area contributed by atoms with Crippen molar-refractivity contribution in [2.45, 2.75) is 39.5 Å². The van der Waals surface area contributed by atoms with Crippen LogP contribution in [0.4, 0.5) is 5.69 Å². The normalized spacial score (nSPS) is 14.9. The molecule has 0 radical (unpaired) electrons. The standard InChI is InChI=1S/C24H33N3O3S/c1-17-14-19(3)24(20(4)15-17)31(29,30)25(6)16-23(28)27-12-10-26(11-13-27)22-9-7-8-18(2)21(22)5/h7-9,14-15H,10-13,16H2,1-6H3. The van der Waals surface area contributed by atoms with E-state index in [0.717, 1.165) is 18.7 Å². The van der Waals surface area contributed by atoms with Crippen molar-refractivity contribution in [1.29, 1.82) is 0 Å². The number of carbonyl (C=O) groups excluding carboxylic acids is 1. The van der Waals surface area contributed by atoms with Gasteiger partial charge in [-0.3, -0.25) is 4.79 Å². The fourth-order valence-corrected chi connectivity index (χ4v) is 5.90. The maximum atomic E-state index is 13.2. The van der Waals surface area contributed by atoms with Crippen molar-refractivity contribution in [2.24, 2.45) is 0 Å². The van der Waals surface area contributed by atoms with Crippen molar-refractivity contribution >= 4 is 21.6 Å². The third kappa shape index (κ3) is 4.77. The Morgan fingerprint density at radius 1 is 0.935 bits per heavy atom. The molecule has 2 aromatic rings. The minimum Gasteiger partial charge on any atom is -0.368 e. The summed E-state index contributed by atoms with van der Waals surface area (Å²) in [6, 6.07) is 10.0. The summed E-state index contributed by atoms with van der Waals surface area (Å²) >= 11 is 0. The zero-order valence-corrected chi connectivity index (χ0v) is 20.2. The van der Waals surface area contributed by atoms with Gasteiger partial charge in [0, 0.05) is 38.9 Å². The van der Waals surface area contributed by atoms with Gasteiger partial charge in [0.1, 0.15) is 0 Å². The summed E-state index contributed by atoms with van der Waals surface area (Å²) < 4.78 is 27.5. The Morgan fingerprint density at radius 2 is 1.52 bits per heavy atom. The maximum Gasteiger partial charge on any atom is 0.243 e. The lowest BCUT2D eigenvalue weighted by atomic mass is 10.1. The number of hydrogen-bond donors (Lipinski definition) is 0. The van der Waals surface area contributed by atoms with Crippen LogP contribution in [0.25, 0.3) is 0 Å². The molecular formula is C24H33N3O3S. The van der Waals surface area contributed by atoms with E-state index in [1.807, 2.05) is 19.1 Å². The van der Waals surface area contributed by atoms with Gasteiger partial charge >= 0.3 is 0 Å². The molecule has 1 amide bonds. The number of hydrogen-bond acceptors (Lipinski definition) is 4. The number of sulfonamides is 1. The molecule has 0 spiro atoms. The van der Waals surface area contributed by atoms with Gasteiger partial charge in [0.25, 0.3) is 0 Å². The van der Waals surface area contributed by atoms with Crippen LogP contribution in [0.3, 0.4) is 0 Å². The van der Waals surface area contributed by atoms with Crippen LogP contribution in [0.15, 0.2) is 35.2 Å². The molecule has 3 rings (SSSR count). The van der Waals surface area contributed by atoms with Gasteiger partial charge in [-0.1, -0.05) is 29.8 Å². The van der Waals surface area contributed by atoms with Gasteiger partial charge in [-0.2, -0.15) is 4.31 Å². The van der Waals surface area contributed by atoms with E-state index in [4.69, 9.17) is 0 Å². The van der Waals surface area contributed by atoms with E-state index in [2.05, 4.69) is 36.9 Å². The van der Waals surface area contributed by atoms with Crippen LogP contribution in [0.5, 0.6) is 0 Å². The number of carbonyl (C=O) groups is 1. The van der Waals surface area contributed by atoms with Crippen molar-refractivity contribution in [2.75, 3.05) is 44.7 Å². The smallest absolute Gasteiger partial charge is 0.243 e. The van der Waals surface area contributed by atoms with Crippen molar-refractivity contribution < 1.29 is 13.2 Å². The number of nitrogens with zero attached hydrogens (tertiary/aromatic N) is 3. The van der Waals surface area contributed by atoms with E-state index in [9.17, 15) is 13.2 Å². The predicted molar refractivity (Wildman–Crippen MR) is 125 cm³/mol. The average Bonchev–Trinajstić information content (AvgIpc) is 2.69. The number of aryl methyl sites for hydroxylation is 4. The van der Waals surface area contributed by atoms with Gasteiger partial charge < -0.3 is 9.80 Å². The van der Waals surface area contributed by atoms with Gasteiger partial charge in [0.05, 0.1) is 11.4 Å². The first kappa shape index (κ1) is 23.3. The fraction of sp³-hybridized carbons (Fsp3) is 0.458. The molecule has 1 saturated heterocycles. The van der Waals surface area contributed by atoms with Crippen LogP contribution in [-0.4, -0.2) is 63.3 Å². The van der Waals surface area contributed by atoms with Crippen molar-refractivity contribution in [3.05, 3.63) is 58.1 Å². The van der Waals surface area contributed by atoms with Gasteiger partial charge in [-0.25, -0.2) is 8.42 Å².